The summed E-state index contributed by atoms with van der Waals surface area (Å²) >= 11 is 7.43. The van der Waals surface area contributed by atoms with Crippen LogP contribution < -0.4 is 24.4 Å². The fraction of sp³-hybridized carbons (Fsp3) is 0.208. The molecule has 0 radical (unpaired) electrons. The van der Waals surface area contributed by atoms with Crippen molar-refractivity contribution in [3.8, 4) is 11.5 Å². The number of benzene rings is 2. The van der Waals surface area contributed by atoms with Crippen LogP contribution in [-0.2, 0) is 9.53 Å². The zero-order valence-corrected chi connectivity index (χ0v) is 21.2. The van der Waals surface area contributed by atoms with Gasteiger partial charge in [-0.1, -0.05) is 35.1 Å². The number of thiazole rings is 1. The molecule has 2 heterocycles. The molecule has 0 aliphatic carbocycles. The molecule has 4 rings (SSSR count). The van der Waals surface area contributed by atoms with Crippen molar-refractivity contribution in [1.29, 1.82) is 0 Å². The van der Waals surface area contributed by atoms with Gasteiger partial charge in [-0.3, -0.25) is 19.5 Å². The Kier molecular flexibility index (Phi) is 6.95. The van der Waals surface area contributed by atoms with Crippen molar-refractivity contribution in [2.45, 2.75) is 13.0 Å². The van der Waals surface area contributed by atoms with E-state index in [-0.39, 0.29) is 11.3 Å². The van der Waals surface area contributed by atoms with Crippen molar-refractivity contribution in [1.82, 2.24) is 4.57 Å². The maximum Gasteiger partial charge on any atom is 0.338 e. The first-order valence-electron chi connectivity index (χ1n) is 10.5. The molecule has 10 nitrogen and oxygen atoms in total. The molecule has 1 atom stereocenters. The predicted molar refractivity (Wildman–Crippen MR) is 133 cm³/mol. The van der Waals surface area contributed by atoms with Crippen molar-refractivity contribution >= 4 is 40.7 Å². The Hall–Kier alpha value is -3.96. The van der Waals surface area contributed by atoms with Gasteiger partial charge in [-0.25, -0.2) is 9.79 Å². The molecule has 12 heteroatoms. The van der Waals surface area contributed by atoms with Crippen LogP contribution in [0.4, 0.5) is 5.69 Å². The van der Waals surface area contributed by atoms with Gasteiger partial charge >= 0.3 is 5.97 Å². The van der Waals surface area contributed by atoms with Crippen LogP contribution >= 0.6 is 22.9 Å². The summed E-state index contributed by atoms with van der Waals surface area (Å²) in [6.45, 7) is 1.63. The van der Waals surface area contributed by atoms with E-state index in [4.69, 9.17) is 25.8 Å². The van der Waals surface area contributed by atoms with E-state index < -0.39 is 22.5 Å². The van der Waals surface area contributed by atoms with Crippen molar-refractivity contribution in [2.75, 3.05) is 21.3 Å². The van der Waals surface area contributed by atoms with Gasteiger partial charge in [0.05, 0.1) is 53.1 Å². The van der Waals surface area contributed by atoms with Crippen LogP contribution in [0.25, 0.3) is 6.08 Å². The van der Waals surface area contributed by atoms with Crippen LogP contribution in [0, 0.1) is 10.1 Å². The summed E-state index contributed by atoms with van der Waals surface area (Å²) in [5.74, 6) is 0.0674. The Balaban J connectivity index is 1.97. The number of methoxy groups -OCH3 is 3. The molecule has 36 heavy (non-hydrogen) atoms. The van der Waals surface area contributed by atoms with E-state index in [0.29, 0.717) is 42.7 Å². The van der Waals surface area contributed by atoms with Gasteiger partial charge in [-0.05, 0) is 36.3 Å². The standard InChI is InChI=1S/C24H20ClN3O7S/c1-12-19(23(30)35-4)20(14-6-5-7-15(11-14)28(31)32)27-22(29)18(36-24(27)26-12)10-13-8-16(25)21(34-3)17(9-13)33-2/h5-11,20H,1-4H3/b18-10+/t20-/m1/s1. The largest absolute Gasteiger partial charge is 0.493 e. The number of non-ortho nitro benzene ring substituents is 1. The Morgan fingerprint density at radius 3 is 2.61 bits per heavy atom. The summed E-state index contributed by atoms with van der Waals surface area (Å²) in [6.07, 6.45) is 1.62. The molecular weight excluding hydrogens is 510 g/mol. The summed E-state index contributed by atoms with van der Waals surface area (Å²) in [6, 6.07) is 8.12. The van der Waals surface area contributed by atoms with E-state index >= 15 is 0 Å². The van der Waals surface area contributed by atoms with E-state index in [9.17, 15) is 19.7 Å². The highest BCUT2D eigenvalue weighted by Crippen LogP contribution is 2.36. The maximum absolute atomic E-state index is 13.6. The minimum Gasteiger partial charge on any atom is -0.493 e. The van der Waals surface area contributed by atoms with Crippen LogP contribution in [0.1, 0.15) is 24.1 Å². The second-order valence-corrected chi connectivity index (χ2v) is 9.08. The van der Waals surface area contributed by atoms with E-state index in [1.807, 2.05) is 0 Å². The fourth-order valence-corrected chi connectivity index (χ4v) is 5.33. The summed E-state index contributed by atoms with van der Waals surface area (Å²) < 4.78 is 17.2. The zero-order chi connectivity index (χ0) is 26.1. The third kappa shape index (κ3) is 4.38. The number of halogens is 1. The van der Waals surface area contributed by atoms with Crippen LogP contribution in [0.15, 0.2) is 57.5 Å². The number of hydrogen-bond donors (Lipinski definition) is 0. The van der Waals surface area contributed by atoms with Gasteiger partial charge in [-0.15, -0.1) is 0 Å². The van der Waals surface area contributed by atoms with Crippen LogP contribution in [0.5, 0.6) is 11.5 Å². The number of nitro benzene ring substituents is 1. The molecule has 1 aromatic heterocycles. The summed E-state index contributed by atoms with van der Waals surface area (Å²) in [5.41, 5.74) is 0.814. The van der Waals surface area contributed by atoms with Crippen LogP contribution in [-0.4, -0.2) is 36.8 Å². The second-order valence-electron chi connectivity index (χ2n) is 7.66. The van der Waals surface area contributed by atoms with Gasteiger partial charge in [0.25, 0.3) is 11.2 Å². The number of hydrogen-bond acceptors (Lipinski definition) is 9. The minimum atomic E-state index is -0.968. The number of carbonyl (C=O) groups is 1. The first-order valence-corrected chi connectivity index (χ1v) is 11.7. The van der Waals surface area contributed by atoms with Gasteiger partial charge in [-0.2, -0.15) is 0 Å². The number of carbonyl (C=O) groups excluding carboxylic acids is 1. The highest BCUT2D eigenvalue weighted by Gasteiger charge is 2.33. The smallest absolute Gasteiger partial charge is 0.338 e. The Labute approximate surface area is 213 Å². The summed E-state index contributed by atoms with van der Waals surface area (Å²) in [5, 5.41) is 11.7. The number of allylic oxidation sites excluding steroid dienone is 1. The molecule has 0 saturated heterocycles. The fourth-order valence-electron chi connectivity index (χ4n) is 3.99. The first-order chi connectivity index (χ1) is 17.2. The van der Waals surface area contributed by atoms with E-state index in [1.54, 1.807) is 31.2 Å². The number of nitrogens with zero attached hydrogens (tertiary/aromatic N) is 3. The molecule has 0 amide bonds. The Bertz CT molecular complexity index is 1610. The summed E-state index contributed by atoms with van der Waals surface area (Å²) in [7, 11) is 4.16. The Morgan fingerprint density at radius 2 is 1.97 bits per heavy atom. The SMILES string of the molecule is COC(=O)C1=C(C)N=c2s/c(=C/c3cc(Cl)c(OC)c(OC)c3)c(=O)n2[C@@H]1c1cccc([N+](=O)[O-])c1. The molecule has 1 aliphatic rings. The number of fused-ring (bicyclic) bond motifs is 1. The molecular formula is C24H20ClN3O7S. The van der Waals surface area contributed by atoms with Gasteiger partial charge in [0.1, 0.15) is 0 Å². The van der Waals surface area contributed by atoms with Crippen LogP contribution in [0.2, 0.25) is 5.02 Å². The molecule has 3 aromatic rings. The van der Waals surface area contributed by atoms with E-state index in [1.165, 1.54) is 44.1 Å². The molecule has 0 N–H and O–H groups in total. The molecule has 0 fully saturated rings. The number of esters is 1. The van der Waals surface area contributed by atoms with E-state index in [0.717, 1.165) is 11.3 Å². The average Bonchev–Trinajstić information content (AvgIpc) is 3.16. The normalized spacial score (nSPS) is 15.2. The average molecular weight is 530 g/mol. The van der Waals surface area contributed by atoms with Crippen molar-refractivity contribution in [3.05, 3.63) is 93.6 Å². The first kappa shape index (κ1) is 25.1. The maximum atomic E-state index is 13.6. The lowest BCUT2D eigenvalue weighted by Gasteiger charge is -2.24. The minimum absolute atomic E-state index is 0.117. The van der Waals surface area contributed by atoms with Gasteiger partial charge in [0.2, 0.25) is 0 Å². The third-order valence-corrected chi connectivity index (χ3v) is 6.84. The van der Waals surface area contributed by atoms with Crippen LogP contribution in [0.3, 0.4) is 0 Å². The number of ether oxygens (including phenoxy) is 3. The highest BCUT2D eigenvalue weighted by atomic mass is 35.5. The van der Waals surface area contributed by atoms with Crippen molar-refractivity contribution in [3.63, 3.8) is 0 Å². The van der Waals surface area contributed by atoms with Gasteiger partial charge in [0.15, 0.2) is 16.3 Å². The van der Waals surface area contributed by atoms with Crippen molar-refractivity contribution < 1.29 is 23.9 Å². The lowest BCUT2D eigenvalue weighted by atomic mass is 9.95. The second kappa shape index (κ2) is 9.96. The topological polar surface area (TPSA) is 122 Å². The number of aromatic nitrogens is 1. The lowest BCUT2D eigenvalue weighted by molar-refractivity contribution is -0.384. The summed E-state index contributed by atoms with van der Waals surface area (Å²) in [4.78, 5) is 42.0. The van der Waals surface area contributed by atoms with Gasteiger partial charge in [0, 0.05) is 12.1 Å². The van der Waals surface area contributed by atoms with Crippen molar-refractivity contribution in [2.24, 2.45) is 4.99 Å². The number of nitro groups is 1. The number of rotatable bonds is 6. The molecule has 2 aromatic carbocycles. The molecule has 0 spiro atoms. The quantitative estimate of drug-likeness (QED) is 0.273. The molecule has 0 bridgehead atoms. The molecule has 186 valence electrons. The third-order valence-electron chi connectivity index (χ3n) is 5.58. The monoisotopic (exact) mass is 529 g/mol. The molecule has 1 aliphatic heterocycles. The highest BCUT2D eigenvalue weighted by molar-refractivity contribution is 7.07. The predicted octanol–water partition coefficient (Wildman–Crippen LogP) is 2.99. The van der Waals surface area contributed by atoms with Gasteiger partial charge < -0.3 is 14.2 Å². The molecule has 0 unspecified atom stereocenters. The zero-order valence-electron chi connectivity index (χ0n) is 19.6. The lowest BCUT2D eigenvalue weighted by Crippen LogP contribution is -2.39. The molecule has 0 saturated carbocycles. The Morgan fingerprint density at radius 1 is 1.22 bits per heavy atom. The van der Waals surface area contributed by atoms with E-state index in [2.05, 4.69) is 4.99 Å².